The van der Waals surface area contributed by atoms with Crippen LogP contribution in [0.2, 0.25) is 0 Å². The van der Waals surface area contributed by atoms with Gasteiger partial charge in [-0.1, -0.05) is 0 Å². The number of nitrogen functional groups attached to an aromatic ring is 1. The Labute approximate surface area is 105 Å². The normalized spacial score (nSPS) is 10.5. The molecule has 6 heteroatoms. The van der Waals surface area contributed by atoms with Crippen molar-refractivity contribution in [1.82, 2.24) is 0 Å². The fourth-order valence-electron chi connectivity index (χ4n) is 1.58. The zero-order chi connectivity index (χ0) is 12.6. The van der Waals surface area contributed by atoms with Crippen LogP contribution in [0.25, 0.3) is 11.0 Å². The highest BCUT2D eigenvalue weighted by Crippen LogP contribution is 2.41. The Bertz CT molecular complexity index is 635. The van der Waals surface area contributed by atoms with E-state index in [0.29, 0.717) is 26.9 Å². The van der Waals surface area contributed by atoms with Gasteiger partial charge in [0.15, 0.2) is 11.3 Å². The van der Waals surface area contributed by atoms with Crippen molar-refractivity contribution in [2.24, 2.45) is 0 Å². The van der Waals surface area contributed by atoms with E-state index < -0.39 is 5.63 Å². The number of nitrogens with two attached hydrogens (primary N) is 1. The van der Waals surface area contributed by atoms with E-state index in [2.05, 4.69) is 15.9 Å². The first-order valence-corrected chi connectivity index (χ1v) is 5.51. The van der Waals surface area contributed by atoms with E-state index in [0.717, 1.165) is 0 Å². The van der Waals surface area contributed by atoms with Crippen molar-refractivity contribution < 1.29 is 13.9 Å². The molecule has 2 rings (SSSR count). The Hall–Kier alpha value is -1.69. The Kier molecular flexibility index (Phi) is 2.97. The van der Waals surface area contributed by atoms with Gasteiger partial charge in [-0.3, -0.25) is 0 Å². The van der Waals surface area contributed by atoms with Crippen LogP contribution in [-0.2, 0) is 0 Å². The molecule has 1 heterocycles. The standard InChI is InChI=1S/C11H10BrNO4/c1-15-9-6(12)3-5-4-7(13)11(14)17-8(5)10(9)16-2/h3-4H,13H2,1-2H3. The van der Waals surface area contributed by atoms with Crippen molar-refractivity contribution in [2.45, 2.75) is 0 Å². The van der Waals surface area contributed by atoms with E-state index >= 15 is 0 Å². The summed E-state index contributed by atoms with van der Waals surface area (Å²) in [5, 5.41) is 0.659. The average molecular weight is 300 g/mol. The summed E-state index contributed by atoms with van der Waals surface area (Å²) in [6.45, 7) is 0. The van der Waals surface area contributed by atoms with Gasteiger partial charge in [-0.05, 0) is 28.1 Å². The lowest BCUT2D eigenvalue weighted by Gasteiger charge is -2.11. The van der Waals surface area contributed by atoms with Gasteiger partial charge >= 0.3 is 5.63 Å². The van der Waals surface area contributed by atoms with E-state index in [1.807, 2.05) is 0 Å². The molecule has 0 radical (unpaired) electrons. The van der Waals surface area contributed by atoms with Gasteiger partial charge in [0.1, 0.15) is 5.69 Å². The third-order valence-corrected chi connectivity index (χ3v) is 2.91. The van der Waals surface area contributed by atoms with Crippen LogP contribution >= 0.6 is 15.9 Å². The third kappa shape index (κ3) is 1.84. The number of anilines is 1. The molecule has 0 fully saturated rings. The highest BCUT2D eigenvalue weighted by atomic mass is 79.9. The molecule has 5 nitrogen and oxygen atoms in total. The van der Waals surface area contributed by atoms with Crippen LogP contribution in [0.3, 0.4) is 0 Å². The summed E-state index contributed by atoms with van der Waals surface area (Å²) >= 11 is 3.35. The van der Waals surface area contributed by atoms with Gasteiger partial charge in [-0.15, -0.1) is 0 Å². The van der Waals surface area contributed by atoms with E-state index in [4.69, 9.17) is 19.6 Å². The lowest BCUT2D eigenvalue weighted by molar-refractivity contribution is 0.350. The highest BCUT2D eigenvalue weighted by molar-refractivity contribution is 9.10. The first-order valence-electron chi connectivity index (χ1n) is 4.72. The molecule has 0 aliphatic carbocycles. The van der Waals surface area contributed by atoms with Crippen LogP contribution in [0.5, 0.6) is 11.5 Å². The van der Waals surface area contributed by atoms with E-state index in [-0.39, 0.29) is 5.69 Å². The molecule has 0 saturated carbocycles. The molecule has 0 spiro atoms. The summed E-state index contributed by atoms with van der Waals surface area (Å²) in [5.41, 5.74) is 5.27. The Morgan fingerprint density at radius 2 is 1.88 bits per heavy atom. The van der Waals surface area contributed by atoms with Gasteiger partial charge < -0.3 is 19.6 Å². The molecule has 1 aromatic heterocycles. The largest absolute Gasteiger partial charge is 0.492 e. The molecule has 0 bridgehead atoms. The van der Waals surface area contributed by atoms with Gasteiger partial charge in [0, 0.05) is 5.39 Å². The number of ether oxygens (including phenoxy) is 2. The average Bonchev–Trinajstić information content (AvgIpc) is 2.30. The fraction of sp³-hybridized carbons (Fsp3) is 0.182. The molecule has 17 heavy (non-hydrogen) atoms. The minimum Gasteiger partial charge on any atom is -0.492 e. The van der Waals surface area contributed by atoms with Crippen LogP contribution in [0, 0.1) is 0 Å². The second-order valence-electron chi connectivity index (χ2n) is 3.33. The van der Waals surface area contributed by atoms with Gasteiger partial charge in [-0.25, -0.2) is 4.79 Å². The first-order chi connectivity index (χ1) is 8.08. The summed E-state index contributed by atoms with van der Waals surface area (Å²) in [7, 11) is 2.98. The number of methoxy groups -OCH3 is 2. The monoisotopic (exact) mass is 299 g/mol. The molecule has 0 aliphatic heterocycles. The number of benzene rings is 1. The molecular formula is C11H10BrNO4. The van der Waals surface area contributed by atoms with Crippen LogP contribution in [0.4, 0.5) is 5.69 Å². The number of hydrogen-bond acceptors (Lipinski definition) is 5. The maximum atomic E-state index is 11.4. The predicted octanol–water partition coefficient (Wildman–Crippen LogP) is 2.15. The van der Waals surface area contributed by atoms with Gasteiger partial charge in [0.05, 0.1) is 18.7 Å². The number of fused-ring (bicyclic) bond motifs is 1. The quantitative estimate of drug-likeness (QED) is 0.860. The molecule has 1 aromatic carbocycles. The van der Waals surface area contributed by atoms with Crippen LogP contribution in [0.15, 0.2) is 25.8 Å². The summed E-state index contributed by atoms with van der Waals surface area (Å²) in [4.78, 5) is 11.4. The summed E-state index contributed by atoms with van der Waals surface area (Å²) < 4.78 is 16.2. The van der Waals surface area contributed by atoms with Gasteiger partial charge in [0.25, 0.3) is 0 Å². The number of halogens is 1. The van der Waals surface area contributed by atoms with Crippen molar-refractivity contribution in [3.05, 3.63) is 27.0 Å². The molecule has 0 amide bonds. The lowest BCUT2D eigenvalue weighted by atomic mass is 10.2. The van der Waals surface area contributed by atoms with E-state index in [1.54, 1.807) is 6.07 Å². The maximum absolute atomic E-state index is 11.4. The highest BCUT2D eigenvalue weighted by Gasteiger charge is 2.16. The lowest BCUT2D eigenvalue weighted by Crippen LogP contribution is -2.06. The summed E-state index contributed by atoms with van der Waals surface area (Å²) in [6.07, 6.45) is 0. The Morgan fingerprint density at radius 3 is 2.47 bits per heavy atom. The second-order valence-corrected chi connectivity index (χ2v) is 4.19. The third-order valence-electron chi connectivity index (χ3n) is 2.32. The SMILES string of the molecule is COc1c(Br)cc2cc(N)c(=O)oc2c1OC. The van der Waals surface area contributed by atoms with Crippen LogP contribution in [-0.4, -0.2) is 14.2 Å². The van der Waals surface area contributed by atoms with Gasteiger partial charge in [-0.2, -0.15) is 0 Å². The minimum absolute atomic E-state index is 0.0524. The van der Waals surface area contributed by atoms with Crippen molar-refractivity contribution in [1.29, 1.82) is 0 Å². The van der Waals surface area contributed by atoms with Gasteiger partial charge in [0.2, 0.25) is 5.75 Å². The fourth-order valence-corrected chi connectivity index (χ4v) is 2.17. The topological polar surface area (TPSA) is 74.7 Å². The summed E-state index contributed by atoms with van der Waals surface area (Å²) in [6, 6.07) is 3.28. The number of hydrogen-bond donors (Lipinski definition) is 1. The first kappa shape index (κ1) is 11.8. The molecule has 0 unspecified atom stereocenters. The smallest absolute Gasteiger partial charge is 0.359 e. The van der Waals surface area contributed by atoms with E-state index in [1.165, 1.54) is 20.3 Å². The van der Waals surface area contributed by atoms with Crippen molar-refractivity contribution in [3.8, 4) is 11.5 Å². The zero-order valence-corrected chi connectivity index (χ0v) is 10.8. The molecule has 2 aromatic rings. The van der Waals surface area contributed by atoms with Crippen LogP contribution < -0.4 is 20.8 Å². The second kappa shape index (κ2) is 4.29. The predicted molar refractivity (Wildman–Crippen MR) is 67.7 cm³/mol. The minimum atomic E-state index is -0.597. The van der Waals surface area contributed by atoms with E-state index in [9.17, 15) is 4.79 Å². The molecule has 0 atom stereocenters. The maximum Gasteiger partial charge on any atom is 0.359 e. The molecule has 0 aliphatic rings. The molecule has 90 valence electrons. The Morgan fingerprint density at radius 1 is 1.24 bits per heavy atom. The van der Waals surface area contributed by atoms with Crippen molar-refractivity contribution in [2.75, 3.05) is 20.0 Å². The zero-order valence-electron chi connectivity index (χ0n) is 9.24. The molecule has 0 saturated heterocycles. The van der Waals surface area contributed by atoms with Crippen molar-refractivity contribution >= 4 is 32.6 Å². The molecular weight excluding hydrogens is 290 g/mol. The Balaban J connectivity index is 2.94. The molecule has 2 N–H and O–H groups in total. The summed E-state index contributed by atoms with van der Waals surface area (Å²) in [5.74, 6) is 0.821. The van der Waals surface area contributed by atoms with Crippen molar-refractivity contribution in [3.63, 3.8) is 0 Å². The van der Waals surface area contributed by atoms with Crippen LogP contribution in [0.1, 0.15) is 0 Å². The number of rotatable bonds is 2.